The first-order chi connectivity index (χ1) is 14.5. The summed E-state index contributed by atoms with van der Waals surface area (Å²) in [4.78, 5) is 23.4. The maximum atomic E-state index is 12.3. The number of allylic oxidation sites excluding steroid dienone is 3. The number of carbonyl (C=O) groups is 2. The van der Waals surface area contributed by atoms with Crippen LogP contribution in [0.3, 0.4) is 0 Å². The highest BCUT2D eigenvalue weighted by Crippen LogP contribution is 2.35. The maximum absolute atomic E-state index is 12.3. The van der Waals surface area contributed by atoms with E-state index in [0.29, 0.717) is 25.2 Å². The molecule has 1 aromatic rings. The van der Waals surface area contributed by atoms with Gasteiger partial charge in [-0.2, -0.15) is 0 Å². The molecule has 1 N–H and O–H groups in total. The minimum atomic E-state index is -0.381. The molecule has 2 rings (SSSR count). The zero-order valence-electron chi connectivity index (χ0n) is 18.1. The van der Waals surface area contributed by atoms with Crippen molar-refractivity contribution in [3.05, 3.63) is 54.1 Å². The van der Waals surface area contributed by atoms with Gasteiger partial charge < -0.3 is 14.6 Å². The van der Waals surface area contributed by atoms with E-state index < -0.39 is 0 Å². The van der Waals surface area contributed by atoms with Crippen molar-refractivity contribution >= 4 is 11.8 Å². The Balaban J connectivity index is 1.75. The molecule has 0 saturated heterocycles. The first-order valence-corrected chi connectivity index (χ1v) is 10.8. The molecule has 1 aliphatic rings. The molecule has 1 aromatic carbocycles. The third kappa shape index (κ3) is 8.15. The van der Waals surface area contributed by atoms with Gasteiger partial charge in [-0.25, -0.2) is 0 Å². The number of aliphatic hydroxyl groups is 1. The lowest BCUT2D eigenvalue weighted by Crippen LogP contribution is -2.17. The second-order valence-electron chi connectivity index (χ2n) is 7.83. The molecule has 1 saturated carbocycles. The molecule has 3 atom stereocenters. The van der Waals surface area contributed by atoms with Crippen LogP contribution in [0, 0.1) is 11.8 Å². The van der Waals surface area contributed by atoms with E-state index in [9.17, 15) is 14.7 Å². The molecule has 0 radical (unpaired) electrons. The lowest BCUT2D eigenvalue weighted by molar-refractivity contribution is -0.140. The average Bonchev–Trinajstić information content (AvgIpc) is 3.12. The SMILES string of the molecule is COC(=O)CCC/C=C\C[C@H]1CC[C@@H](O)C1/C=C/C(=O)CCc1ccc(OC)cc1. The number of ether oxygens (including phenoxy) is 2. The van der Waals surface area contributed by atoms with Gasteiger partial charge in [-0.05, 0) is 68.2 Å². The zero-order valence-corrected chi connectivity index (χ0v) is 18.1. The van der Waals surface area contributed by atoms with Crippen molar-refractivity contribution in [1.82, 2.24) is 0 Å². The van der Waals surface area contributed by atoms with Crippen molar-refractivity contribution in [1.29, 1.82) is 0 Å². The van der Waals surface area contributed by atoms with Gasteiger partial charge in [0.05, 0.1) is 20.3 Å². The van der Waals surface area contributed by atoms with Crippen LogP contribution in [0.15, 0.2) is 48.6 Å². The predicted octanol–water partition coefficient (Wildman–Crippen LogP) is 4.43. The fraction of sp³-hybridized carbons (Fsp3) is 0.520. The fourth-order valence-corrected chi connectivity index (χ4v) is 3.86. The van der Waals surface area contributed by atoms with Gasteiger partial charge in [-0.1, -0.05) is 30.4 Å². The van der Waals surface area contributed by atoms with Gasteiger partial charge in [-0.15, -0.1) is 0 Å². The molecule has 0 heterocycles. The third-order valence-electron chi connectivity index (χ3n) is 5.73. The van der Waals surface area contributed by atoms with Crippen molar-refractivity contribution in [2.24, 2.45) is 11.8 Å². The Morgan fingerprint density at radius 1 is 1.10 bits per heavy atom. The Bertz CT molecular complexity index is 720. The predicted molar refractivity (Wildman–Crippen MR) is 117 cm³/mol. The molecular formula is C25H34O5. The van der Waals surface area contributed by atoms with Gasteiger partial charge >= 0.3 is 5.97 Å². The van der Waals surface area contributed by atoms with Crippen molar-refractivity contribution in [2.45, 2.75) is 57.5 Å². The number of esters is 1. The topological polar surface area (TPSA) is 72.8 Å². The molecule has 5 heteroatoms. The molecule has 0 aliphatic heterocycles. The lowest BCUT2D eigenvalue weighted by atomic mass is 9.90. The van der Waals surface area contributed by atoms with Gasteiger partial charge in [-0.3, -0.25) is 9.59 Å². The molecule has 164 valence electrons. The Hall–Kier alpha value is -2.40. The average molecular weight is 415 g/mol. The molecule has 0 spiro atoms. The summed E-state index contributed by atoms with van der Waals surface area (Å²) in [5, 5.41) is 10.3. The fourth-order valence-electron chi connectivity index (χ4n) is 3.86. The number of benzene rings is 1. The number of aryl methyl sites for hydroxylation is 1. The number of ketones is 1. The van der Waals surface area contributed by atoms with Crippen LogP contribution in [0.2, 0.25) is 0 Å². The summed E-state index contributed by atoms with van der Waals surface area (Å²) >= 11 is 0. The summed E-state index contributed by atoms with van der Waals surface area (Å²) in [6, 6.07) is 7.75. The zero-order chi connectivity index (χ0) is 21.8. The van der Waals surface area contributed by atoms with Crippen molar-refractivity contribution in [3.63, 3.8) is 0 Å². The summed E-state index contributed by atoms with van der Waals surface area (Å²) in [6.45, 7) is 0. The summed E-state index contributed by atoms with van der Waals surface area (Å²) in [5.74, 6) is 1.09. The molecule has 30 heavy (non-hydrogen) atoms. The van der Waals surface area contributed by atoms with Gasteiger partial charge in [0.1, 0.15) is 5.75 Å². The Morgan fingerprint density at radius 2 is 1.87 bits per heavy atom. The van der Waals surface area contributed by atoms with E-state index >= 15 is 0 Å². The monoisotopic (exact) mass is 414 g/mol. The van der Waals surface area contributed by atoms with Crippen LogP contribution in [0.5, 0.6) is 5.75 Å². The minimum Gasteiger partial charge on any atom is -0.497 e. The first kappa shape index (κ1) is 23.9. The maximum Gasteiger partial charge on any atom is 0.305 e. The largest absolute Gasteiger partial charge is 0.497 e. The second kappa shape index (κ2) is 13.0. The molecular weight excluding hydrogens is 380 g/mol. The molecule has 1 fully saturated rings. The van der Waals surface area contributed by atoms with Gasteiger partial charge in [0, 0.05) is 18.8 Å². The minimum absolute atomic E-state index is 0.0228. The second-order valence-corrected chi connectivity index (χ2v) is 7.83. The highest BCUT2D eigenvalue weighted by molar-refractivity contribution is 5.89. The molecule has 0 bridgehead atoms. The molecule has 5 nitrogen and oxygen atoms in total. The number of hydrogen-bond donors (Lipinski definition) is 1. The molecule has 0 amide bonds. The van der Waals surface area contributed by atoms with Crippen LogP contribution in [0.4, 0.5) is 0 Å². The molecule has 1 unspecified atom stereocenters. The summed E-state index contributed by atoms with van der Waals surface area (Å²) in [6.07, 6.45) is 13.2. The number of unbranched alkanes of at least 4 members (excludes halogenated alkanes) is 1. The smallest absolute Gasteiger partial charge is 0.305 e. The lowest BCUT2D eigenvalue weighted by Gasteiger charge is -2.17. The van der Waals surface area contributed by atoms with Gasteiger partial charge in [0.2, 0.25) is 0 Å². The number of aliphatic hydroxyl groups excluding tert-OH is 1. The number of methoxy groups -OCH3 is 2. The van der Waals surface area contributed by atoms with E-state index in [1.165, 1.54) is 7.11 Å². The van der Waals surface area contributed by atoms with E-state index in [4.69, 9.17) is 4.74 Å². The summed E-state index contributed by atoms with van der Waals surface area (Å²) < 4.78 is 9.78. The third-order valence-corrected chi connectivity index (χ3v) is 5.73. The normalized spacial score (nSPS) is 21.4. The van der Waals surface area contributed by atoms with Crippen LogP contribution in [0.1, 0.15) is 50.5 Å². The Kier molecular flexibility index (Phi) is 10.4. The molecule has 0 aromatic heterocycles. The van der Waals surface area contributed by atoms with Crippen LogP contribution in [0.25, 0.3) is 0 Å². The van der Waals surface area contributed by atoms with Gasteiger partial charge in [0.15, 0.2) is 5.78 Å². The highest BCUT2D eigenvalue weighted by Gasteiger charge is 2.32. The number of hydrogen-bond acceptors (Lipinski definition) is 5. The van der Waals surface area contributed by atoms with E-state index in [2.05, 4.69) is 16.9 Å². The van der Waals surface area contributed by atoms with E-state index in [-0.39, 0.29) is 23.8 Å². The summed E-state index contributed by atoms with van der Waals surface area (Å²) in [7, 11) is 3.04. The Labute approximate surface area is 179 Å². The summed E-state index contributed by atoms with van der Waals surface area (Å²) in [5.41, 5.74) is 1.11. The number of rotatable bonds is 12. The van der Waals surface area contributed by atoms with E-state index in [0.717, 1.165) is 43.4 Å². The van der Waals surface area contributed by atoms with Crippen LogP contribution >= 0.6 is 0 Å². The van der Waals surface area contributed by atoms with Crippen molar-refractivity contribution < 1.29 is 24.2 Å². The first-order valence-electron chi connectivity index (χ1n) is 10.8. The number of carbonyl (C=O) groups excluding carboxylic acids is 2. The quantitative estimate of drug-likeness (QED) is 0.237. The Morgan fingerprint density at radius 3 is 2.57 bits per heavy atom. The van der Waals surface area contributed by atoms with Crippen LogP contribution in [-0.4, -0.2) is 37.2 Å². The van der Waals surface area contributed by atoms with Crippen molar-refractivity contribution in [2.75, 3.05) is 14.2 Å². The van der Waals surface area contributed by atoms with E-state index in [1.54, 1.807) is 13.2 Å². The molecule has 1 aliphatic carbocycles. The standard InChI is InChI=1S/C25H34O5/c1-29-22-15-10-19(11-16-22)9-13-21(26)14-17-23-20(12-18-24(23)27)7-5-3-4-6-8-25(28)30-2/h3,5,10-11,14-17,20,23-24,27H,4,6-9,12-13,18H2,1-2H3/b5-3-,17-14+/t20-,23?,24+/m0/s1. The van der Waals surface area contributed by atoms with E-state index in [1.807, 2.05) is 30.3 Å². The van der Waals surface area contributed by atoms with Crippen molar-refractivity contribution in [3.8, 4) is 5.75 Å². The van der Waals surface area contributed by atoms with Crippen LogP contribution in [-0.2, 0) is 20.7 Å². The highest BCUT2D eigenvalue weighted by atomic mass is 16.5. The van der Waals surface area contributed by atoms with Crippen LogP contribution < -0.4 is 4.74 Å². The van der Waals surface area contributed by atoms with Gasteiger partial charge in [0.25, 0.3) is 0 Å².